The Morgan fingerprint density at radius 3 is 2.79 bits per heavy atom. The highest BCUT2D eigenvalue weighted by Crippen LogP contribution is 2.49. The molecule has 0 bridgehead atoms. The lowest BCUT2D eigenvalue weighted by Gasteiger charge is -2.34. The molecule has 9 heteroatoms. The summed E-state index contributed by atoms with van der Waals surface area (Å²) in [6, 6.07) is 3.62. The van der Waals surface area contributed by atoms with Crippen LogP contribution < -0.4 is 15.5 Å². The number of ketones is 1. The summed E-state index contributed by atoms with van der Waals surface area (Å²) in [6.07, 6.45) is 2.37. The number of Topliss-reactive ketones (excluding diaryl/α,β-unsaturated/α-hetero) is 1. The lowest BCUT2D eigenvalue weighted by atomic mass is 9.99. The van der Waals surface area contributed by atoms with Crippen molar-refractivity contribution in [2.24, 2.45) is 5.92 Å². The van der Waals surface area contributed by atoms with E-state index in [1.54, 1.807) is 17.4 Å². The van der Waals surface area contributed by atoms with Crippen LogP contribution in [0.15, 0.2) is 18.3 Å². The van der Waals surface area contributed by atoms with Gasteiger partial charge in [0.05, 0.1) is 38.6 Å². The zero-order valence-electron chi connectivity index (χ0n) is 22.5. The van der Waals surface area contributed by atoms with Crippen LogP contribution in [0.2, 0.25) is 0 Å². The summed E-state index contributed by atoms with van der Waals surface area (Å²) < 4.78 is 22.7. The molecule has 0 unspecified atom stereocenters. The van der Waals surface area contributed by atoms with E-state index >= 15 is 0 Å². The first-order valence-electron chi connectivity index (χ1n) is 12.7. The lowest BCUT2D eigenvalue weighted by Crippen LogP contribution is -2.27. The summed E-state index contributed by atoms with van der Waals surface area (Å²) in [5.74, 6) is 0.0768. The molecule has 3 aromatic rings. The van der Waals surface area contributed by atoms with Gasteiger partial charge in [0.2, 0.25) is 5.91 Å². The summed E-state index contributed by atoms with van der Waals surface area (Å²) in [6.45, 7) is 3.55. The van der Waals surface area contributed by atoms with Gasteiger partial charge in [0.25, 0.3) is 0 Å². The minimum absolute atomic E-state index is 0.0218. The van der Waals surface area contributed by atoms with E-state index in [1.807, 2.05) is 27.0 Å². The Morgan fingerprint density at radius 2 is 2.06 bits per heavy atom. The summed E-state index contributed by atoms with van der Waals surface area (Å²) in [5, 5.41) is 7.06. The van der Waals surface area contributed by atoms with Crippen LogP contribution in [0.4, 0.5) is 23.0 Å². The molecule has 4 heterocycles. The summed E-state index contributed by atoms with van der Waals surface area (Å²) >= 11 is 1.67. The van der Waals surface area contributed by atoms with Crippen LogP contribution in [-0.4, -0.2) is 33.7 Å². The smallest absolute Gasteiger partial charge is 0.228 e. The predicted molar refractivity (Wildman–Crippen MR) is 135 cm³/mol. The average molecular weight is 480 g/mol. The number of carbonyl (C=O) groups is 2. The number of pyridine rings is 2. The number of aryl methyl sites for hydroxylation is 2. The minimum atomic E-state index is -2.43. The fraction of sp³-hybridized carbons (Fsp3) is 0.400. The van der Waals surface area contributed by atoms with E-state index in [2.05, 4.69) is 27.4 Å². The Bertz CT molecular complexity index is 1420. The first kappa shape index (κ1) is 19.0. The number of rotatable bonds is 6. The summed E-state index contributed by atoms with van der Waals surface area (Å²) in [4.78, 5) is 42.4. The van der Waals surface area contributed by atoms with E-state index < -0.39 is 19.1 Å². The third-order valence-electron chi connectivity index (χ3n) is 6.27. The fourth-order valence-electron chi connectivity index (χ4n) is 4.23. The highest BCUT2D eigenvalue weighted by atomic mass is 32.1. The van der Waals surface area contributed by atoms with E-state index in [9.17, 15) is 9.59 Å². The van der Waals surface area contributed by atoms with Gasteiger partial charge in [-0.1, -0.05) is 6.85 Å². The van der Waals surface area contributed by atoms with Crippen molar-refractivity contribution in [3.05, 3.63) is 39.5 Å². The Morgan fingerprint density at radius 1 is 1.26 bits per heavy atom. The second kappa shape index (κ2) is 8.47. The molecule has 0 saturated heterocycles. The molecule has 1 saturated carbocycles. The zero-order valence-corrected chi connectivity index (χ0v) is 20.3. The Balaban J connectivity index is 1.60. The number of carbonyl (C=O) groups excluding carboxylic acids is 2. The molecule has 5 rings (SSSR count). The summed E-state index contributed by atoms with van der Waals surface area (Å²) in [5.41, 5.74) is 3.88. The predicted octanol–water partition coefficient (Wildman–Crippen LogP) is 5.41. The second-order valence-corrected chi connectivity index (χ2v) is 10.1. The molecule has 1 atom stereocenters. The van der Waals surface area contributed by atoms with Crippen molar-refractivity contribution in [2.75, 3.05) is 22.6 Å². The van der Waals surface area contributed by atoms with Gasteiger partial charge in [-0.15, -0.1) is 11.3 Å². The third-order valence-corrected chi connectivity index (χ3v) is 7.41. The molecule has 1 fully saturated rings. The Hall–Kier alpha value is -3.33. The molecule has 1 amide bonds. The van der Waals surface area contributed by atoms with E-state index in [1.165, 1.54) is 11.1 Å². The van der Waals surface area contributed by atoms with Gasteiger partial charge in [-0.25, -0.2) is 15.0 Å². The van der Waals surface area contributed by atoms with Crippen LogP contribution in [0.5, 0.6) is 0 Å². The Kier molecular flexibility index (Phi) is 4.74. The van der Waals surface area contributed by atoms with Crippen molar-refractivity contribution in [2.45, 2.75) is 52.9 Å². The van der Waals surface area contributed by atoms with Gasteiger partial charge in [0.15, 0.2) is 11.6 Å². The number of nitrogens with one attached hydrogen (secondary N) is 2. The molecular formula is C25H28N6O2S. The van der Waals surface area contributed by atoms with Crippen molar-refractivity contribution < 1.29 is 13.7 Å². The summed E-state index contributed by atoms with van der Waals surface area (Å²) in [7, 11) is 1.98. The molecule has 1 aliphatic carbocycles. The number of nitrogens with zero attached hydrogens (tertiary/aromatic N) is 4. The number of thiazole rings is 1. The van der Waals surface area contributed by atoms with E-state index in [0.29, 0.717) is 11.5 Å². The number of aromatic nitrogens is 3. The van der Waals surface area contributed by atoms with Crippen LogP contribution >= 0.6 is 11.3 Å². The second-order valence-electron chi connectivity index (χ2n) is 8.84. The molecule has 0 spiro atoms. The lowest BCUT2D eigenvalue weighted by molar-refractivity contribution is -0.117. The number of anilines is 4. The van der Waals surface area contributed by atoms with Crippen molar-refractivity contribution >= 4 is 46.0 Å². The Labute approximate surface area is 207 Å². The molecule has 34 heavy (non-hydrogen) atoms. The monoisotopic (exact) mass is 479 g/mol. The number of fused-ring (bicyclic) bond motifs is 3. The van der Waals surface area contributed by atoms with Crippen LogP contribution in [0.3, 0.4) is 0 Å². The molecule has 2 aliphatic rings. The van der Waals surface area contributed by atoms with Gasteiger partial charge >= 0.3 is 0 Å². The van der Waals surface area contributed by atoms with E-state index in [4.69, 9.17) is 14.1 Å². The van der Waals surface area contributed by atoms with Crippen molar-refractivity contribution in [3.8, 4) is 11.3 Å². The molecular weight excluding hydrogens is 448 g/mol. The first-order valence-corrected chi connectivity index (χ1v) is 12.1. The normalized spacial score (nSPS) is 18.3. The van der Waals surface area contributed by atoms with Crippen LogP contribution in [0.1, 0.15) is 69.1 Å². The van der Waals surface area contributed by atoms with E-state index in [0.717, 1.165) is 40.5 Å². The SMILES string of the molecule is [2H]C([2H])([2H])CC(=O)c1cnc(NC(=O)C2CC2)cc1Nc1nc(C)cc2c1N(C)[C@@H](C)c1sc(C)nc1-2. The molecule has 8 nitrogen and oxygen atoms in total. The largest absolute Gasteiger partial charge is 0.363 e. The van der Waals surface area contributed by atoms with Crippen molar-refractivity contribution in [1.29, 1.82) is 0 Å². The van der Waals surface area contributed by atoms with Gasteiger partial charge < -0.3 is 15.5 Å². The molecule has 176 valence electrons. The van der Waals surface area contributed by atoms with Gasteiger partial charge in [-0.2, -0.15) is 0 Å². The number of amides is 1. The van der Waals surface area contributed by atoms with Gasteiger partial charge in [0.1, 0.15) is 5.82 Å². The number of hydrogen-bond acceptors (Lipinski definition) is 8. The first-order chi connectivity index (χ1) is 17.4. The van der Waals surface area contributed by atoms with Crippen molar-refractivity contribution in [3.63, 3.8) is 0 Å². The quantitative estimate of drug-likeness (QED) is 0.456. The maximum Gasteiger partial charge on any atom is 0.228 e. The van der Waals surface area contributed by atoms with Crippen LogP contribution in [0.25, 0.3) is 11.3 Å². The highest BCUT2D eigenvalue weighted by molar-refractivity contribution is 7.12. The van der Waals surface area contributed by atoms with Crippen molar-refractivity contribution in [1.82, 2.24) is 15.0 Å². The average Bonchev–Trinajstić information content (AvgIpc) is 3.57. The van der Waals surface area contributed by atoms with Gasteiger partial charge in [-0.05, 0) is 39.7 Å². The maximum atomic E-state index is 13.0. The highest BCUT2D eigenvalue weighted by Gasteiger charge is 2.33. The van der Waals surface area contributed by atoms with Gasteiger partial charge in [0, 0.05) is 47.0 Å². The molecule has 1 aliphatic heterocycles. The standard InChI is InChI=1S/C25H28N6O2S/c1-6-19(32)17-11-26-20(30-25(33)15-7-8-15)10-18(17)29-24-22-16(9-12(2)27-24)21-23(13(3)31(22)5)34-14(4)28-21/h9-11,13,15H,6-8H2,1-5H3,(H2,26,27,29,30,33)/t13-/m0/s1/i1D3. The fourth-order valence-corrected chi connectivity index (χ4v) is 5.26. The third kappa shape index (κ3) is 3.94. The van der Waals surface area contributed by atoms with Gasteiger partial charge in [-0.3, -0.25) is 9.59 Å². The minimum Gasteiger partial charge on any atom is -0.363 e. The zero-order chi connectivity index (χ0) is 26.6. The molecule has 2 N–H and O–H groups in total. The maximum absolute atomic E-state index is 13.0. The van der Waals surface area contributed by atoms with Crippen LogP contribution in [0, 0.1) is 19.8 Å². The number of hydrogen-bond donors (Lipinski definition) is 2. The molecule has 0 aromatic carbocycles. The van der Waals surface area contributed by atoms with Crippen LogP contribution in [-0.2, 0) is 4.79 Å². The molecule has 3 aromatic heterocycles. The topological polar surface area (TPSA) is 100 Å². The molecule has 0 radical (unpaired) electrons. The van der Waals surface area contributed by atoms with E-state index in [-0.39, 0.29) is 29.2 Å².